The van der Waals surface area contributed by atoms with Gasteiger partial charge in [0.05, 0.1) is 40.3 Å². The molecule has 0 unspecified atom stereocenters. The number of ether oxygens (including phenoxy) is 2. The van der Waals surface area contributed by atoms with Gasteiger partial charge in [-0.05, 0) is 39.3 Å². The zero-order valence-electron chi connectivity index (χ0n) is 15.1. The van der Waals surface area contributed by atoms with E-state index in [1.165, 1.54) is 0 Å². The van der Waals surface area contributed by atoms with Gasteiger partial charge < -0.3 is 14.8 Å². The van der Waals surface area contributed by atoms with Crippen molar-refractivity contribution in [2.75, 3.05) is 13.2 Å². The number of dihydropyridines is 1. The smallest absolute Gasteiger partial charge is 0.336 e. The summed E-state index contributed by atoms with van der Waals surface area (Å²) in [7, 11) is 0. The molecule has 1 aromatic rings. The monoisotopic (exact) mass is 397 g/mol. The van der Waals surface area contributed by atoms with E-state index in [-0.39, 0.29) is 18.2 Å². The highest BCUT2D eigenvalue weighted by Crippen LogP contribution is 2.43. The molecule has 0 saturated carbocycles. The zero-order chi connectivity index (χ0) is 19.4. The maximum atomic E-state index is 12.7. The molecular formula is C19H21Cl2NO4. The molecule has 0 amide bonds. The van der Waals surface area contributed by atoms with Crippen LogP contribution in [0.4, 0.5) is 0 Å². The summed E-state index contributed by atoms with van der Waals surface area (Å²) in [5, 5.41) is 3.69. The van der Waals surface area contributed by atoms with Gasteiger partial charge in [-0.25, -0.2) is 9.59 Å². The molecule has 0 fully saturated rings. The standard InChI is InChI=1S/C19H21Cl2NO4/c1-5-25-18(23)14-10(3)22-11(4)15(19(24)26-6-2)16(14)12-8-7-9-13(20)17(12)21/h7-9,16,22H,5-6H2,1-4H3. The lowest BCUT2D eigenvalue weighted by Gasteiger charge is -2.31. The van der Waals surface area contributed by atoms with E-state index in [0.29, 0.717) is 33.1 Å². The number of hydrogen-bond donors (Lipinski definition) is 1. The van der Waals surface area contributed by atoms with Crippen molar-refractivity contribution in [2.24, 2.45) is 0 Å². The quantitative estimate of drug-likeness (QED) is 0.747. The summed E-state index contributed by atoms with van der Waals surface area (Å²) in [4.78, 5) is 25.3. The van der Waals surface area contributed by atoms with Gasteiger partial charge in [0.2, 0.25) is 0 Å². The molecule has 0 saturated heterocycles. The van der Waals surface area contributed by atoms with Crippen LogP contribution in [0.3, 0.4) is 0 Å². The Morgan fingerprint density at radius 1 is 1.00 bits per heavy atom. The van der Waals surface area contributed by atoms with Crippen LogP contribution in [0.5, 0.6) is 0 Å². The highest BCUT2D eigenvalue weighted by molar-refractivity contribution is 6.42. The summed E-state index contributed by atoms with van der Waals surface area (Å²) in [6.45, 7) is 7.37. The molecule has 1 aliphatic rings. The lowest BCUT2D eigenvalue weighted by Crippen LogP contribution is -2.32. The average Bonchev–Trinajstić information content (AvgIpc) is 2.57. The number of benzene rings is 1. The predicted molar refractivity (Wildman–Crippen MR) is 101 cm³/mol. The molecule has 2 rings (SSSR count). The van der Waals surface area contributed by atoms with Crippen molar-refractivity contribution in [3.8, 4) is 0 Å². The van der Waals surface area contributed by atoms with Gasteiger partial charge in [-0.15, -0.1) is 0 Å². The first-order chi connectivity index (χ1) is 12.3. The van der Waals surface area contributed by atoms with Gasteiger partial charge in [0, 0.05) is 11.4 Å². The van der Waals surface area contributed by atoms with Crippen LogP contribution in [0.25, 0.3) is 0 Å². The Bertz CT molecular complexity index is 759. The van der Waals surface area contributed by atoms with Crippen molar-refractivity contribution in [2.45, 2.75) is 33.6 Å². The fourth-order valence-corrected chi connectivity index (χ4v) is 3.42. The van der Waals surface area contributed by atoms with E-state index in [1.807, 2.05) is 0 Å². The zero-order valence-corrected chi connectivity index (χ0v) is 16.6. The van der Waals surface area contributed by atoms with E-state index < -0.39 is 17.9 Å². The third kappa shape index (κ3) is 3.89. The molecule has 1 aromatic carbocycles. The summed E-state index contributed by atoms with van der Waals surface area (Å²) in [5.74, 6) is -1.78. The largest absolute Gasteiger partial charge is 0.463 e. The molecule has 0 aliphatic carbocycles. The summed E-state index contributed by atoms with van der Waals surface area (Å²) in [5.41, 5.74) is 2.35. The first-order valence-electron chi connectivity index (χ1n) is 8.30. The van der Waals surface area contributed by atoms with Crippen LogP contribution >= 0.6 is 23.2 Å². The maximum Gasteiger partial charge on any atom is 0.336 e. The third-order valence-corrected chi connectivity index (χ3v) is 4.88. The van der Waals surface area contributed by atoms with Crippen molar-refractivity contribution in [1.29, 1.82) is 0 Å². The molecule has 7 heteroatoms. The van der Waals surface area contributed by atoms with E-state index in [0.717, 1.165) is 0 Å². The van der Waals surface area contributed by atoms with Gasteiger partial charge in [0.25, 0.3) is 0 Å². The summed E-state index contributed by atoms with van der Waals surface area (Å²) in [6.07, 6.45) is 0. The molecule has 1 aliphatic heterocycles. The van der Waals surface area contributed by atoms with Gasteiger partial charge in [0.15, 0.2) is 0 Å². The lowest BCUT2D eigenvalue weighted by molar-refractivity contribution is -0.139. The first-order valence-corrected chi connectivity index (χ1v) is 9.05. The molecular weight excluding hydrogens is 377 g/mol. The Kier molecular flexibility index (Phi) is 6.73. The number of carbonyl (C=O) groups is 2. The SMILES string of the molecule is CCOC(=O)C1=C(C)NC(C)=C(C(=O)OCC)C1c1cccc(Cl)c1Cl. The van der Waals surface area contributed by atoms with Crippen LogP contribution < -0.4 is 5.32 Å². The van der Waals surface area contributed by atoms with Crippen LogP contribution in [0.15, 0.2) is 40.7 Å². The number of nitrogens with one attached hydrogen (secondary N) is 1. The highest BCUT2D eigenvalue weighted by Gasteiger charge is 2.39. The number of halogens is 2. The van der Waals surface area contributed by atoms with Crippen LogP contribution in [-0.4, -0.2) is 25.2 Å². The molecule has 0 radical (unpaired) electrons. The Morgan fingerprint density at radius 2 is 1.50 bits per heavy atom. The van der Waals surface area contributed by atoms with Gasteiger partial charge in [-0.1, -0.05) is 35.3 Å². The van der Waals surface area contributed by atoms with Crippen molar-refractivity contribution in [3.05, 3.63) is 56.3 Å². The molecule has 0 atom stereocenters. The lowest BCUT2D eigenvalue weighted by atomic mass is 9.80. The summed E-state index contributed by atoms with van der Waals surface area (Å²) >= 11 is 12.6. The highest BCUT2D eigenvalue weighted by atomic mass is 35.5. The Labute approximate surface area is 162 Å². The Morgan fingerprint density at radius 3 is 1.96 bits per heavy atom. The summed E-state index contributed by atoms with van der Waals surface area (Å²) < 4.78 is 10.4. The van der Waals surface area contributed by atoms with Crippen LogP contribution in [0.2, 0.25) is 10.0 Å². The second-order valence-electron chi connectivity index (χ2n) is 5.72. The molecule has 1 heterocycles. The van der Waals surface area contributed by atoms with Crippen LogP contribution in [0.1, 0.15) is 39.2 Å². The fourth-order valence-electron chi connectivity index (χ4n) is 3.01. The minimum absolute atomic E-state index is 0.211. The van der Waals surface area contributed by atoms with Gasteiger partial charge >= 0.3 is 11.9 Å². The number of carbonyl (C=O) groups excluding carboxylic acids is 2. The number of allylic oxidation sites excluding steroid dienone is 2. The van der Waals surface area contributed by atoms with Gasteiger partial charge in [-0.3, -0.25) is 0 Å². The topological polar surface area (TPSA) is 64.6 Å². The molecule has 140 valence electrons. The van der Waals surface area contributed by atoms with Crippen molar-refractivity contribution >= 4 is 35.1 Å². The second-order valence-corrected chi connectivity index (χ2v) is 6.50. The molecule has 26 heavy (non-hydrogen) atoms. The Hall–Kier alpha value is -1.98. The Balaban J connectivity index is 2.71. The van der Waals surface area contributed by atoms with E-state index in [9.17, 15) is 9.59 Å². The third-order valence-electron chi connectivity index (χ3n) is 4.04. The minimum Gasteiger partial charge on any atom is -0.463 e. The average molecular weight is 398 g/mol. The minimum atomic E-state index is -0.736. The van der Waals surface area contributed by atoms with Crippen LogP contribution in [0, 0.1) is 0 Å². The van der Waals surface area contributed by atoms with Crippen LogP contribution in [-0.2, 0) is 19.1 Å². The van der Waals surface area contributed by atoms with Gasteiger partial charge in [0.1, 0.15) is 0 Å². The van der Waals surface area contributed by atoms with E-state index in [2.05, 4.69) is 5.32 Å². The number of esters is 2. The normalized spacial score (nSPS) is 15.0. The summed E-state index contributed by atoms with van der Waals surface area (Å²) in [6, 6.07) is 5.11. The van der Waals surface area contributed by atoms with Crippen molar-refractivity contribution in [3.63, 3.8) is 0 Å². The number of rotatable bonds is 5. The molecule has 5 nitrogen and oxygen atoms in total. The van der Waals surface area contributed by atoms with Gasteiger partial charge in [-0.2, -0.15) is 0 Å². The van der Waals surface area contributed by atoms with Crippen molar-refractivity contribution in [1.82, 2.24) is 5.32 Å². The molecule has 0 bridgehead atoms. The first kappa shape index (κ1) is 20.3. The maximum absolute atomic E-state index is 12.7. The van der Waals surface area contributed by atoms with E-state index in [4.69, 9.17) is 32.7 Å². The van der Waals surface area contributed by atoms with E-state index in [1.54, 1.807) is 45.9 Å². The molecule has 1 N–H and O–H groups in total. The van der Waals surface area contributed by atoms with Crippen molar-refractivity contribution < 1.29 is 19.1 Å². The number of hydrogen-bond acceptors (Lipinski definition) is 5. The second kappa shape index (κ2) is 8.60. The predicted octanol–water partition coefficient (Wildman–Crippen LogP) is 4.35. The molecule has 0 aromatic heterocycles. The molecule has 0 spiro atoms. The fraction of sp³-hybridized carbons (Fsp3) is 0.368. The van der Waals surface area contributed by atoms with E-state index >= 15 is 0 Å².